The summed E-state index contributed by atoms with van der Waals surface area (Å²) in [6.07, 6.45) is 4.07. The van der Waals surface area contributed by atoms with E-state index in [1.54, 1.807) is 0 Å². The van der Waals surface area contributed by atoms with Crippen LogP contribution in [0.15, 0.2) is 6.20 Å². The Morgan fingerprint density at radius 3 is 2.94 bits per heavy atom. The average Bonchev–Trinajstić information content (AvgIpc) is 2.88. The van der Waals surface area contributed by atoms with Crippen LogP contribution in [0.5, 0.6) is 0 Å². The zero-order chi connectivity index (χ0) is 12.7. The maximum absolute atomic E-state index is 4.76. The van der Waals surface area contributed by atoms with Gasteiger partial charge in [-0.15, -0.1) is 0 Å². The van der Waals surface area contributed by atoms with Crippen molar-refractivity contribution in [3.05, 3.63) is 29.1 Å². The molecule has 3 rings (SSSR count). The van der Waals surface area contributed by atoms with Crippen molar-refractivity contribution in [2.75, 3.05) is 6.54 Å². The highest BCUT2D eigenvalue weighted by molar-refractivity contribution is 5.40. The molecule has 0 fully saturated rings. The van der Waals surface area contributed by atoms with Gasteiger partial charge in [0.15, 0.2) is 0 Å². The summed E-state index contributed by atoms with van der Waals surface area (Å²) < 4.78 is 4.18. The number of nitrogens with one attached hydrogen (secondary N) is 1. The van der Waals surface area contributed by atoms with Gasteiger partial charge in [-0.1, -0.05) is 6.92 Å². The summed E-state index contributed by atoms with van der Waals surface area (Å²) in [4.78, 5) is 4.76. The molecule has 5 heteroatoms. The lowest BCUT2D eigenvalue weighted by atomic mass is 10.2. The summed E-state index contributed by atoms with van der Waals surface area (Å²) in [5, 5.41) is 7.82. The molecule has 1 aliphatic heterocycles. The molecule has 0 atom stereocenters. The van der Waals surface area contributed by atoms with Gasteiger partial charge in [0.2, 0.25) is 0 Å². The van der Waals surface area contributed by atoms with E-state index in [9.17, 15) is 0 Å². The van der Waals surface area contributed by atoms with Crippen molar-refractivity contribution in [3.8, 4) is 5.69 Å². The lowest BCUT2D eigenvalue weighted by molar-refractivity contribution is 0.619. The number of aromatic nitrogens is 4. The second kappa shape index (κ2) is 4.24. The number of imidazole rings is 1. The second-order valence-corrected chi connectivity index (χ2v) is 4.81. The molecule has 0 aromatic carbocycles. The average molecular weight is 245 g/mol. The Kier molecular flexibility index (Phi) is 2.70. The zero-order valence-corrected chi connectivity index (χ0v) is 11.2. The molecule has 2 aromatic rings. The van der Waals surface area contributed by atoms with E-state index < -0.39 is 0 Å². The van der Waals surface area contributed by atoms with Gasteiger partial charge in [-0.3, -0.25) is 9.25 Å². The Bertz CT molecular complexity index is 578. The largest absolute Gasteiger partial charge is 0.311 e. The van der Waals surface area contributed by atoms with E-state index in [1.165, 1.54) is 17.1 Å². The van der Waals surface area contributed by atoms with Gasteiger partial charge in [0.1, 0.15) is 5.82 Å². The summed E-state index contributed by atoms with van der Waals surface area (Å²) in [7, 11) is 1.97. The summed E-state index contributed by atoms with van der Waals surface area (Å²) in [6, 6.07) is 0. The number of nitrogens with zero attached hydrogens (tertiary/aromatic N) is 4. The molecule has 18 heavy (non-hydrogen) atoms. The molecule has 5 nitrogen and oxygen atoms in total. The van der Waals surface area contributed by atoms with Crippen molar-refractivity contribution in [1.82, 2.24) is 24.6 Å². The highest BCUT2D eigenvalue weighted by Gasteiger charge is 2.21. The van der Waals surface area contributed by atoms with Gasteiger partial charge in [0.05, 0.1) is 17.1 Å². The number of hydrogen-bond donors (Lipinski definition) is 1. The summed E-state index contributed by atoms with van der Waals surface area (Å²) >= 11 is 0. The fourth-order valence-electron chi connectivity index (χ4n) is 2.69. The molecule has 96 valence electrons. The van der Waals surface area contributed by atoms with Gasteiger partial charge < -0.3 is 5.32 Å². The molecule has 0 unspecified atom stereocenters. The van der Waals surface area contributed by atoms with Crippen LogP contribution in [0.4, 0.5) is 0 Å². The van der Waals surface area contributed by atoms with Crippen molar-refractivity contribution in [2.45, 2.75) is 33.2 Å². The predicted octanol–water partition coefficient (Wildman–Crippen LogP) is 1.12. The van der Waals surface area contributed by atoms with E-state index in [0.717, 1.165) is 37.4 Å². The van der Waals surface area contributed by atoms with Crippen LogP contribution in [0.25, 0.3) is 5.69 Å². The molecular weight excluding hydrogens is 226 g/mol. The fourth-order valence-corrected chi connectivity index (χ4v) is 2.69. The van der Waals surface area contributed by atoms with Crippen LogP contribution >= 0.6 is 0 Å². The third kappa shape index (κ3) is 1.66. The minimum Gasteiger partial charge on any atom is -0.311 e. The molecule has 1 N–H and O–H groups in total. The van der Waals surface area contributed by atoms with Gasteiger partial charge in [0, 0.05) is 44.9 Å². The summed E-state index contributed by atoms with van der Waals surface area (Å²) in [6.45, 7) is 6.13. The SMILES string of the molecule is CCc1nc2c(n1-c1cn(C)nc1C)CCNC2. The molecular formula is C13H19N5. The van der Waals surface area contributed by atoms with Crippen molar-refractivity contribution < 1.29 is 0 Å². The van der Waals surface area contributed by atoms with Gasteiger partial charge in [-0.05, 0) is 6.92 Å². The molecule has 1 aliphatic rings. The van der Waals surface area contributed by atoms with Crippen molar-refractivity contribution in [3.63, 3.8) is 0 Å². The molecule has 0 saturated carbocycles. The van der Waals surface area contributed by atoms with Crippen LogP contribution in [0.2, 0.25) is 0 Å². The number of rotatable bonds is 2. The third-order valence-corrected chi connectivity index (χ3v) is 3.50. The third-order valence-electron chi connectivity index (χ3n) is 3.50. The Morgan fingerprint density at radius 1 is 1.44 bits per heavy atom. The van der Waals surface area contributed by atoms with Gasteiger partial charge in [-0.25, -0.2) is 4.98 Å². The lowest BCUT2D eigenvalue weighted by Crippen LogP contribution is -2.24. The van der Waals surface area contributed by atoms with E-state index >= 15 is 0 Å². The maximum Gasteiger partial charge on any atom is 0.113 e. The van der Waals surface area contributed by atoms with Crippen LogP contribution in [0.3, 0.4) is 0 Å². The monoisotopic (exact) mass is 245 g/mol. The molecule has 3 heterocycles. The van der Waals surface area contributed by atoms with Crippen LogP contribution in [0, 0.1) is 6.92 Å². The Labute approximate surface area is 107 Å². The maximum atomic E-state index is 4.76. The zero-order valence-electron chi connectivity index (χ0n) is 11.2. The number of fused-ring (bicyclic) bond motifs is 1. The summed E-state index contributed by atoms with van der Waals surface area (Å²) in [5.41, 5.74) is 4.78. The van der Waals surface area contributed by atoms with Crippen LogP contribution in [-0.2, 0) is 26.4 Å². The highest BCUT2D eigenvalue weighted by Crippen LogP contribution is 2.23. The van der Waals surface area contributed by atoms with E-state index in [0.29, 0.717) is 0 Å². The highest BCUT2D eigenvalue weighted by atomic mass is 15.3. The first-order valence-electron chi connectivity index (χ1n) is 6.51. The van der Waals surface area contributed by atoms with E-state index in [2.05, 4.69) is 35.0 Å². The first-order valence-corrected chi connectivity index (χ1v) is 6.51. The molecule has 0 radical (unpaired) electrons. The molecule has 0 amide bonds. The molecule has 2 aromatic heterocycles. The first-order chi connectivity index (χ1) is 8.70. The van der Waals surface area contributed by atoms with Crippen molar-refractivity contribution >= 4 is 0 Å². The van der Waals surface area contributed by atoms with Crippen LogP contribution < -0.4 is 5.32 Å². The topological polar surface area (TPSA) is 47.7 Å². The van der Waals surface area contributed by atoms with E-state index in [-0.39, 0.29) is 0 Å². The Hall–Kier alpha value is -1.62. The Balaban J connectivity index is 2.21. The van der Waals surface area contributed by atoms with Crippen LogP contribution in [-0.4, -0.2) is 25.9 Å². The smallest absolute Gasteiger partial charge is 0.113 e. The lowest BCUT2D eigenvalue weighted by Gasteiger charge is -2.15. The fraction of sp³-hybridized carbons (Fsp3) is 0.538. The standard InChI is InChI=1S/C13H19N5/c1-4-13-15-10-7-14-6-5-11(10)18(13)12-8-17(3)16-9(12)2/h8,14H,4-7H2,1-3H3. The van der Waals surface area contributed by atoms with Crippen molar-refractivity contribution in [2.24, 2.45) is 7.05 Å². The van der Waals surface area contributed by atoms with E-state index in [4.69, 9.17) is 4.98 Å². The number of aryl methyl sites for hydroxylation is 3. The minimum absolute atomic E-state index is 0.884. The predicted molar refractivity (Wildman–Crippen MR) is 69.9 cm³/mol. The van der Waals surface area contributed by atoms with Gasteiger partial charge >= 0.3 is 0 Å². The molecule has 0 bridgehead atoms. The second-order valence-electron chi connectivity index (χ2n) is 4.81. The quantitative estimate of drug-likeness (QED) is 0.862. The Morgan fingerprint density at radius 2 is 2.28 bits per heavy atom. The minimum atomic E-state index is 0.884. The van der Waals surface area contributed by atoms with Gasteiger partial charge in [-0.2, -0.15) is 5.10 Å². The normalized spacial score (nSPS) is 14.8. The van der Waals surface area contributed by atoms with Crippen molar-refractivity contribution in [1.29, 1.82) is 0 Å². The summed E-state index contributed by atoms with van der Waals surface area (Å²) in [5.74, 6) is 1.14. The van der Waals surface area contributed by atoms with Gasteiger partial charge in [0.25, 0.3) is 0 Å². The first kappa shape index (κ1) is 11.5. The molecule has 0 saturated heterocycles. The van der Waals surface area contributed by atoms with E-state index in [1.807, 2.05) is 11.7 Å². The van der Waals surface area contributed by atoms with Crippen LogP contribution in [0.1, 0.15) is 29.8 Å². The molecule has 0 aliphatic carbocycles. The number of hydrogen-bond acceptors (Lipinski definition) is 3. The molecule has 0 spiro atoms.